The lowest BCUT2D eigenvalue weighted by atomic mass is 10.1. The van der Waals surface area contributed by atoms with Crippen LogP contribution in [0.4, 0.5) is 11.4 Å². The Hall–Kier alpha value is -2.24. The smallest absolute Gasteiger partial charge is 0.313 e. The van der Waals surface area contributed by atoms with Crippen LogP contribution < -0.4 is 5.73 Å². The Balaban J connectivity index is 0.00000289. The van der Waals surface area contributed by atoms with Gasteiger partial charge in [-0.25, -0.2) is 5.53 Å². The predicted molar refractivity (Wildman–Crippen MR) is 63.4 cm³/mol. The molecule has 0 spiro atoms. The first kappa shape index (κ1) is 12.8. The quantitative estimate of drug-likeness (QED) is 0.269. The Bertz CT molecular complexity index is 463. The fraction of sp³-hybridized carbons (Fsp3) is 0.273. The van der Waals surface area contributed by atoms with Gasteiger partial charge in [0.15, 0.2) is 5.78 Å². The van der Waals surface area contributed by atoms with Gasteiger partial charge in [0, 0.05) is 6.99 Å². The minimum atomic E-state index is -0.571. The van der Waals surface area contributed by atoms with Crippen LogP contribution in [-0.4, -0.2) is 18.4 Å². The summed E-state index contributed by atoms with van der Waals surface area (Å²) in [6.45, 7) is 1.91. The lowest BCUT2D eigenvalue weighted by Crippen LogP contribution is -2.11. The Morgan fingerprint density at radius 1 is 1.53 bits per heavy atom. The fourth-order valence-corrected chi connectivity index (χ4v) is 1.26. The minimum absolute atomic E-state index is 0. The van der Waals surface area contributed by atoms with Crippen LogP contribution in [0.25, 0.3) is 0 Å². The normalized spacial score (nSPS) is 9.71. The van der Waals surface area contributed by atoms with E-state index in [-0.39, 0.29) is 25.9 Å². The highest BCUT2D eigenvalue weighted by molar-refractivity contribution is 6.06. The number of Topliss-reactive ketones (excluding diaryl/α,β-unsaturated/α-hetero) is 1. The monoisotopic (exact) mass is 237 g/mol. The lowest BCUT2D eigenvalue weighted by molar-refractivity contribution is -0.141. The molecule has 0 aromatic heterocycles. The fourth-order valence-electron chi connectivity index (χ4n) is 1.26. The minimum Gasteiger partial charge on any atom is -0.466 e. The molecule has 0 amide bonds. The Morgan fingerprint density at radius 2 is 2.24 bits per heavy atom. The van der Waals surface area contributed by atoms with E-state index in [0.717, 1.165) is 0 Å². The number of nitrogens with one attached hydrogen (secondary N) is 1. The van der Waals surface area contributed by atoms with Crippen molar-refractivity contribution >= 4 is 23.1 Å². The molecule has 0 bridgehead atoms. The zero-order chi connectivity index (χ0) is 12.8. The topological polar surface area (TPSA) is 106 Å². The molecule has 1 rings (SSSR count). The molecule has 0 radical (unpaired) electrons. The molecule has 17 heavy (non-hydrogen) atoms. The molecule has 1 aromatic rings. The zero-order valence-corrected chi connectivity index (χ0v) is 9.40. The first-order valence-corrected chi connectivity index (χ1v) is 5.04. The summed E-state index contributed by atoms with van der Waals surface area (Å²) < 4.78 is 4.67. The van der Waals surface area contributed by atoms with Crippen LogP contribution in [0, 0.1) is 5.53 Å². The third-order valence-electron chi connectivity index (χ3n) is 2.08. The number of carbonyl (C=O) groups is 2. The third-order valence-corrected chi connectivity index (χ3v) is 2.08. The van der Waals surface area contributed by atoms with Crippen LogP contribution in [0.2, 0.25) is 0 Å². The van der Waals surface area contributed by atoms with Gasteiger partial charge < -0.3 is 10.5 Å². The van der Waals surface area contributed by atoms with E-state index in [0.29, 0.717) is 11.3 Å². The number of hydrogen-bond donors (Lipinski definition) is 2. The van der Waals surface area contributed by atoms with E-state index in [4.69, 9.17) is 11.3 Å². The summed E-state index contributed by atoms with van der Waals surface area (Å²) in [6, 6.07) is 4.35. The van der Waals surface area contributed by atoms with E-state index in [9.17, 15) is 9.59 Å². The van der Waals surface area contributed by atoms with Gasteiger partial charge in [-0.05, 0) is 25.1 Å². The molecular formula is C11H15N3O3. The molecule has 0 atom stereocenters. The number of carbonyl (C=O) groups excluding carboxylic acids is 2. The summed E-state index contributed by atoms with van der Waals surface area (Å²) in [5, 5.41) is 3.19. The summed E-state index contributed by atoms with van der Waals surface area (Å²) in [6.07, 6.45) is -0.324. The molecule has 1 aromatic carbocycles. The van der Waals surface area contributed by atoms with Crippen molar-refractivity contribution in [2.75, 3.05) is 12.3 Å². The molecule has 0 saturated heterocycles. The van der Waals surface area contributed by atoms with Gasteiger partial charge in [0.05, 0.1) is 12.3 Å². The number of anilines is 1. The van der Waals surface area contributed by atoms with Crippen LogP contribution in [0.15, 0.2) is 23.3 Å². The van der Waals surface area contributed by atoms with Gasteiger partial charge in [0.25, 0.3) is 0 Å². The molecule has 0 saturated carbocycles. The van der Waals surface area contributed by atoms with Crippen molar-refractivity contribution in [1.82, 2.24) is 0 Å². The highest BCUT2D eigenvalue weighted by Gasteiger charge is 2.13. The van der Waals surface area contributed by atoms with Gasteiger partial charge in [0.1, 0.15) is 12.1 Å². The maximum Gasteiger partial charge on any atom is 0.313 e. The van der Waals surface area contributed by atoms with Crippen molar-refractivity contribution < 1.29 is 15.8 Å². The van der Waals surface area contributed by atoms with E-state index < -0.39 is 5.97 Å². The predicted octanol–water partition coefficient (Wildman–Crippen LogP) is 2.31. The van der Waals surface area contributed by atoms with E-state index in [1.165, 1.54) is 18.2 Å². The second-order valence-electron chi connectivity index (χ2n) is 3.29. The van der Waals surface area contributed by atoms with Crippen LogP contribution in [-0.2, 0) is 9.53 Å². The molecule has 0 fully saturated rings. The Labute approximate surface area is 99.8 Å². The molecule has 6 nitrogen and oxygen atoms in total. The maximum atomic E-state index is 11.7. The maximum absolute atomic E-state index is 11.7. The van der Waals surface area contributed by atoms with Crippen molar-refractivity contribution in [3.8, 4) is 0 Å². The third kappa shape index (κ3) is 3.37. The number of esters is 1. The van der Waals surface area contributed by atoms with Crippen LogP contribution in [0.1, 0.15) is 25.1 Å². The van der Waals surface area contributed by atoms with Gasteiger partial charge in [-0.15, -0.1) is 0 Å². The van der Waals surface area contributed by atoms with Crippen molar-refractivity contribution in [2.45, 2.75) is 13.3 Å². The summed E-state index contributed by atoms with van der Waals surface area (Å²) in [5.41, 5.74) is 13.2. The number of ketones is 1. The SMILES string of the molecule is CCOC(=O)CC(=O)c1ccc(N)c(N=N)c1.[HH]. The van der Waals surface area contributed by atoms with Gasteiger partial charge in [-0.3, -0.25) is 9.59 Å². The molecule has 0 aliphatic carbocycles. The first-order valence-electron chi connectivity index (χ1n) is 5.04. The van der Waals surface area contributed by atoms with E-state index >= 15 is 0 Å². The summed E-state index contributed by atoms with van der Waals surface area (Å²) in [7, 11) is 0. The summed E-state index contributed by atoms with van der Waals surface area (Å²) in [4.78, 5) is 22.8. The average Bonchev–Trinajstić information content (AvgIpc) is 2.29. The number of hydrogen-bond acceptors (Lipinski definition) is 6. The van der Waals surface area contributed by atoms with Gasteiger partial charge in [-0.2, -0.15) is 5.11 Å². The standard InChI is InChI=1S/C11H13N3O3.H2/c1-2-17-11(16)6-10(15)7-3-4-8(12)9(5-7)14-13;/h3-5,13H,2,6,12H2,1H3;1H. The highest BCUT2D eigenvalue weighted by Crippen LogP contribution is 2.23. The van der Waals surface area contributed by atoms with Gasteiger partial charge in [0.2, 0.25) is 0 Å². The largest absolute Gasteiger partial charge is 0.466 e. The van der Waals surface area contributed by atoms with Crippen molar-refractivity contribution in [3.63, 3.8) is 0 Å². The van der Waals surface area contributed by atoms with E-state index in [1.807, 2.05) is 0 Å². The second kappa shape index (κ2) is 5.74. The number of nitrogen functional groups attached to an aromatic ring is 1. The van der Waals surface area contributed by atoms with Crippen LogP contribution >= 0.6 is 0 Å². The molecular weight excluding hydrogens is 222 g/mol. The number of nitrogens with zero attached hydrogens (tertiary/aromatic N) is 1. The first-order chi connectivity index (χ1) is 8.08. The van der Waals surface area contributed by atoms with Crippen LogP contribution in [0.5, 0.6) is 0 Å². The number of benzene rings is 1. The molecule has 92 valence electrons. The molecule has 0 aliphatic rings. The van der Waals surface area contributed by atoms with Crippen molar-refractivity contribution in [1.29, 1.82) is 5.53 Å². The van der Waals surface area contributed by atoms with Gasteiger partial charge in [-0.1, -0.05) is 0 Å². The summed E-state index contributed by atoms with van der Waals surface area (Å²) >= 11 is 0. The van der Waals surface area contributed by atoms with Crippen molar-refractivity contribution in [3.05, 3.63) is 23.8 Å². The van der Waals surface area contributed by atoms with Crippen LogP contribution in [0.3, 0.4) is 0 Å². The van der Waals surface area contributed by atoms with Crippen molar-refractivity contribution in [2.24, 2.45) is 5.11 Å². The second-order valence-corrected chi connectivity index (χ2v) is 3.29. The average molecular weight is 237 g/mol. The van der Waals surface area contributed by atoms with E-state index in [2.05, 4.69) is 9.85 Å². The number of ether oxygens (including phenoxy) is 1. The molecule has 3 N–H and O–H groups in total. The summed E-state index contributed by atoms with van der Waals surface area (Å²) in [5.74, 6) is -0.952. The Kier molecular flexibility index (Phi) is 4.33. The lowest BCUT2D eigenvalue weighted by Gasteiger charge is -2.03. The van der Waals surface area contributed by atoms with E-state index in [1.54, 1.807) is 6.92 Å². The molecule has 6 heteroatoms. The Morgan fingerprint density at radius 3 is 2.82 bits per heavy atom. The number of nitrogens with two attached hydrogens (primary N) is 1. The molecule has 0 heterocycles. The zero-order valence-electron chi connectivity index (χ0n) is 9.40. The molecule has 0 aliphatic heterocycles. The highest BCUT2D eigenvalue weighted by atomic mass is 16.5. The number of rotatable bonds is 5. The van der Waals surface area contributed by atoms with Gasteiger partial charge >= 0.3 is 5.97 Å². The molecule has 0 unspecified atom stereocenters.